The lowest BCUT2D eigenvalue weighted by atomic mass is 10.1. The average molecular weight is 252 g/mol. The number of hydrogen-bond donors (Lipinski definition) is 2. The molecule has 0 spiro atoms. The predicted octanol–water partition coefficient (Wildman–Crippen LogP) is 2.57. The minimum atomic E-state index is 0.334. The van der Waals surface area contributed by atoms with E-state index in [1.807, 2.05) is 18.2 Å². The van der Waals surface area contributed by atoms with Gasteiger partial charge in [0.2, 0.25) is 0 Å². The smallest absolute Gasteiger partial charge is 0.170 e. The summed E-state index contributed by atoms with van der Waals surface area (Å²) in [5, 5.41) is 7.04. The predicted molar refractivity (Wildman–Crippen MR) is 76.5 cm³/mol. The molecule has 0 amide bonds. The van der Waals surface area contributed by atoms with Gasteiger partial charge >= 0.3 is 0 Å². The van der Waals surface area contributed by atoms with Gasteiger partial charge in [0.1, 0.15) is 0 Å². The molecule has 0 fully saturated rings. The van der Waals surface area contributed by atoms with E-state index in [0.29, 0.717) is 17.8 Å². The second-order valence-electron chi connectivity index (χ2n) is 4.15. The molecule has 0 aliphatic heterocycles. The number of anilines is 1. The van der Waals surface area contributed by atoms with Gasteiger partial charge in [-0.3, -0.25) is 0 Å². The number of thiocarbonyl (C=S) groups is 1. The van der Waals surface area contributed by atoms with Crippen LogP contribution in [-0.4, -0.2) is 24.9 Å². The fraction of sp³-hybridized carbons (Fsp3) is 0.462. The van der Waals surface area contributed by atoms with Crippen molar-refractivity contribution in [3.63, 3.8) is 0 Å². The van der Waals surface area contributed by atoms with Crippen molar-refractivity contribution >= 4 is 23.0 Å². The number of ether oxygens (including phenoxy) is 1. The fourth-order valence-electron chi connectivity index (χ4n) is 1.49. The van der Waals surface area contributed by atoms with E-state index in [1.165, 1.54) is 5.56 Å². The molecule has 17 heavy (non-hydrogen) atoms. The maximum absolute atomic E-state index is 5.23. The minimum Gasteiger partial charge on any atom is -0.384 e. The van der Waals surface area contributed by atoms with E-state index in [9.17, 15) is 0 Å². The molecule has 0 aliphatic carbocycles. The van der Waals surface area contributed by atoms with Crippen LogP contribution >= 0.6 is 12.2 Å². The molecule has 0 aliphatic rings. The number of hydrogen-bond acceptors (Lipinski definition) is 2. The second-order valence-corrected chi connectivity index (χ2v) is 4.56. The summed E-state index contributed by atoms with van der Waals surface area (Å²) in [5.74, 6) is 0. The van der Waals surface area contributed by atoms with Gasteiger partial charge in [0.25, 0.3) is 0 Å². The number of nitrogens with one attached hydrogen (secondary N) is 2. The van der Waals surface area contributed by atoms with Crippen molar-refractivity contribution in [2.24, 2.45) is 0 Å². The third-order valence-electron chi connectivity index (χ3n) is 2.26. The van der Waals surface area contributed by atoms with Crippen LogP contribution in [0.2, 0.25) is 0 Å². The molecule has 4 heteroatoms. The first-order valence-corrected chi connectivity index (χ1v) is 6.18. The van der Waals surface area contributed by atoms with Crippen molar-refractivity contribution in [3.05, 3.63) is 29.8 Å². The van der Waals surface area contributed by atoms with E-state index in [2.05, 4.69) is 30.5 Å². The first-order chi connectivity index (χ1) is 8.13. The molecule has 0 saturated heterocycles. The van der Waals surface area contributed by atoms with Gasteiger partial charge in [-0.25, -0.2) is 0 Å². The highest BCUT2D eigenvalue weighted by Gasteiger charge is 2.04. The van der Waals surface area contributed by atoms with E-state index >= 15 is 0 Å². The summed E-state index contributed by atoms with van der Waals surface area (Å²) in [6, 6.07) is 8.46. The topological polar surface area (TPSA) is 33.3 Å². The summed E-state index contributed by atoms with van der Waals surface area (Å²) in [4.78, 5) is 0. The highest BCUT2D eigenvalue weighted by atomic mass is 32.1. The summed E-state index contributed by atoms with van der Waals surface area (Å²) < 4.78 is 5.09. The highest BCUT2D eigenvalue weighted by Crippen LogP contribution is 2.15. The number of para-hydroxylation sites is 1. The Kier molecular flexibility index (Phi) is 5.94. The molecule has 1 aromatic carbocycles. The molecule has 94 valence electrons. The average Bonchev–Trinajstić information content (AvgIpc) is 2.26. The Balaban J connectivity index is 2.65. The third-order valence-corrected chi connectivity index (χ3v) is 2.48. The Bertz CT molecular complexity index is 366. The van der Waals surface area contributed by atoms with Gasteiger partial charge in [-0.15, -0.1) is 0 Å². The summed E-state index contributed by atoms with van der Waals surface area (Å²) in [6.07, 6.45) is 0.879. The monoisotopic (exact) mass is 252 g/mol. The van der Waals surface area contributed by atoms with Crippen LogP contribution in [0.15, 0.2) is 24.3 Å². The zero-order valence-corrected chi connectivity index (χ0v) is 11.4. The molecular formula is C13H20N2OS. The van der Waals surface area contributed by atoms with E-state index < -0.39 is 0 Å². The van der Waals surface area contributed by atoms with Gasteiger partial charge in [-0.1, -0.05) is 18.2 Å². The normalized spacial score (nSPS) is 10.4. The number of methoxy groups -OCH3 is 1. The molecule has 0 unspecified atom stereocenters. The van der Waals surface area contributed by atoms with Crippen molar-refractivity contribution < 1.29 is 4.74 Å². The van der Waals surface area contributed by atoms with Gasteiger partial charge in [-0.2, -0.15) is 0 Å². The minimum absolute atomic E-state index is 0.334. The van der Waals surface area contributed by atoms with Crippen molar-refractivity contribution in [1.29, 1.82) is 0 Å². The Hall–Kier alpha value is -1.13. The number of rotatable bonds is 5. The SMILES string of the molecule is COCCc1ccccc1NC(=S)NC(C)C. The summed E-state index contributed by atoms with van der Waals surface area (Å²) in [6.45, 7) is 4.83. The molecule has 1 aromatic rings. The van der Waals surface area contributed by atoms with Gasteiger partial charge < -0.3 is 15.4 Å². The van der Waals surface area contributed by atoms with Gasteiger partial charge in [0.05, 0.1) is 6.61 Å². The van der Waals surface area contributed by atoms with Crippen LogP contribution in [0.3, 0.4) is 0 Å². The van der Waals surface area contributed by atoms with E-state index in [-0.39, 0.29) is 0 Å². The van der Waals surface area contributed by atoms with Crippen LogP contribution in [0.5, 0.6) is 0 Å². The molecule has 0 heterocycles. The van der Waals surface area contributed by atoms with Crippen LogP contribution in [0, 0.1) is 0 Å². The summed E-state index contributed by atoms with van der Waals surface area (Å²) >= 11 is 5.23. The molecule has 2 N–H and O–H groups in total. The molecule has 0 saturated carbocycles. The van der Waals surface area contributed by atoms with Gasteiger partial charge in [0, 0.05) is 18.8 Å². The van der Waals surface area contributed by atoms with Gasteiger partial charge in [-0.05, 0) is 44.1 Å². The Morgan fingerprint density at radius 3 is 2.71 bits per heavy atom. The van der Waals surface area contributed by atoms with Gasteiger partial charge in [0.15, 0.2) is 5.11 Å². The maximum Gasteiger partial charge on any atom is 0.170 e. The van der Waals surface area contributed by atoms with Crippen LogP contribution < -0.4 is 10.6 Å². The molecule has 0 radical (unpaired) electrons. The zero-order valence-electron chi connectivity index (χ0n) is 10.6. The lowest BCUT2D eigenvalue weighted by Crippen LogP contribution is -2.34. The van der Waals surface area contributed by atoms with Crippen molar-refractivity contribution in [1.82, 2.24) is 5.32 Å². The van der Waals surface area contributed by atoms with Crippen molar-refractivity contribution in [2.75, 3.05) is 19.0 Å². The standard InChI is InChI=1S/C13H20N2OS/c1-10(2)14-13(17)15-12-7-5-4-6-11(12)8-9-16-3/h4-7,10H,8-9H2,1-3H3,(H2,14,15,17). The Morgan fingerprint density at radius 2 is 2.06 bits per heavy atom. The van der Waals surface area contributed by atoms with Crippen LogP contribution in [0.4, 0.5) is 5.69 Å². The quantitative estimate of drug-likeness (QED) is 0.789. The zero-order chi connectivity index (χ0) is 12.7. The fourth-order valence-corrected chi connectivity index (χ4v) is 1.84. The highest BCUT2D eigenvalue weighted by molar-refractivity contribution is 7.80. The third kappa shape index (κ3) is 5.15. The summed E-state index contributed by atoms with van der Waals surface area (Å²) in [7, 11) is 1.71. The van der Waals surface area contributed by atoms with Crippen LogP contribution in [0.1, 0.15) is 19.4 Å². The van der Waals surface area contributed by atoms with Crippen LogP contribution in [0.25, 0.3) is 0 Å². The Labute approximate surface area is 109 Å². The van der Waals surface area contributed by atoms with E-state index in [1.54, 1.807) is 7.11 Å². The molecule has 0 bridgehead atoms. The maximum atomic E-state index is 5.23. The number of benzene rings is 1. The van der Waals surface area contributed by atoms with Crippen molar-refractivity contribution in [3.8, 4) is 0 Å². The Morgan fingerprint density at radius 1 is 1.35 bits per heavy atom. The molecule has 3 nitrogen and oxygen atoms in total. The largest absolute Gasteiger partial charge is 0.384 e. The molecule has 0 atom stereocenters. The lowest BCUT2D eigenvalue weighted by molar-refractivity contribution is 0.202. The second kappa shape index (κ2) is 7.25. The first-order valence-electron chi connectivity index (χ1n) is 5.78. The van der Waals surface area contributed by atoms with Crippen molar-refractivity contribution in [2.45, 2.75) is 26.3 Å². The molecule has 0 aromatic heterocycles. The lowest BCUT2D eigenvalue weighted by Gasteiger charge is -2.15. The van der Waals surface area contributed by atoms with E-state index in [0.717, 1.165) is 12.1 Å². The van der Waals surface area contributed by atoms with Crippen LogP contribution in [-0.2, 0) is 11.2 Å². The molecular weight excluding hydrogens is 232 g/mol. The summed E-state index contributed by atoms with van der Waals surface area (Å²) in [5.41, 5.74) is 2.25. The molecule has 1 rings (SSSR count). The van der Waals surface area contributed by atoms with E-state index in [4.69, 9.17) is 17.0 Å². The first kappa shape index (κ1) is 13.9.